The number of rotatable bonds is 4. The van der Waals surface area contributed by atoms with Crippen LogP contribution in [0.25, 0.3) is 6.08 Å². The van der Waals surface area contributed by atoms with Crippen LogP contribution in [0.2, 0.25) is 0 Å². The highest BCUT2D eigenvalue weighted by Gasteiger charge is 2.30. The fourth-order valence-electron chi connectivity index (χ4n) is 2.46. The highest BCUT2D eigenvalue weighted by molar-refractivity contribution is 6.13. The molecule has 0 radical (unpaired) electrons. The van der Waals surface area contributed by atoms with Crippen molar-refractivity contribution in [3.8, 4) is 11.5 Å². The van der Waals surface area contributed by atoms with E-state index in [2.05, 4.69) is 4.99 Å². The van der Waals surface area contributed by atoms with E-state index in [-0.39, 0.29) is 17.2 Å². The van der Waals surface area contributed by atoms with Crippen LogP contribution >= 0.6 is 0 Å². The van der Waals surface area contributed by atoms with Crippen molar-refractivity contribution in [1.82, 2.24) is 0 Å². The maximum Gasteiger partial charge on any atom is 0.416 e. The molecule has 8 heteroatoms. The molecule has 0 bridgehead atoms. The van der Waals surface area contributed by atoms with Crippen LogP contribution in [0.3, 0.4) is 0 Å². The number of carbonyl (C=O) groups excluding carboxylic acids is 1. The molecule has 0 N–H and O–H groups in total. The molecule has 1 aliphatic rings. The smallest absolute Gasteiger partial charge is 0.416 e. The van der Waals surface area contributed by atoms with Crippen molar-refractivity contribution in [2.75, 3.05) is 14.2 Å². The van der Waals surface area contributed by atoms with E-state index in [0.29, 0.717) is 17.1 Å². The summed E-state index contributed by atoms with van der Waals surface area (Å²) in [6.07, 6.45) is -3.23. The van der Waals surface area contributed by atoms with E-state index in [9.17, 15) is 18.0 Å². The van der Waals surface area contributed by atoms with Crippen molar-refractivity contribution in [2.45, 2.75) is 6.18 Å². The number of benzene rings is 2. The second-order valence-corrected chi connectivity index (χ2v) is 5.53. The average molecular weight is 377 g/mol. The van der Waals surface area contributed by atoms with Crippen LogP contribution in [0.4, 0.5) is 13.2 Å². The third-order valence-electron chi connectivity index (χ3n) is 3.77. The number of hydrogen-bond donors (Lipinski definition) is 0. The molecule has 0 amide bonds. The van der Waals surface area contributed by atoms with E-state index in [1.165, 1.54) is 32.4 Å². The van der Waals surface area contributed by atoms with Gasteiger partial charge in [-0.05, 0) is 42.0 Å². The Labute approximate surface area is 152 Å². The predicted molar refractivity (Wildman–Crippen MR) is 91.6 cm³/mol. The maximum atomic E-state index is 12.8. The normalized spacial score (nSPS) is 15.5. The Morgan fingerprint density at radius 3 is 2.44 bits per heavy atom. The Hall–Kier alpha value is -3.29. The maximum absolute atomic E-state index is 12.8. The largest absolute Gasteiger partial charge is 0.493 e. The van der Waals surface area contributed by atoms with Gasteiger partial charge in [0, 0.05) is 5.56 Å². The minimum absolute atomic E-state index is 0.0270. The van der Waals surface area contributed by atoms with Gasteiger partial charge in [0.25, 0.3) is 0 Å². The van der Waals surface area contributed by atoms with Crippen LogP contribution in [-0.4, -0.2) is 26.1 Å². The second-order valence-electron chi connectivity index (χ2n) is 5.53. The standard InChI is InChI=1S/C19H14F3NO4/c1-25-15-7-6-12(10-16(15)26-2)17-23-14(18(24)27-17)9-11-4-3-5-13(8-11)19(20,21)22/h3-10H,1-2H3/b14-9-. The molecule has 140 valence electrons. The molecule has 0 saturated heterocycles. The Kier molecular flexibility index (Phi) is 4.89. The summed E-state index contributed by atoms with van der Waals surface area (Å²) < 4.78 is 53.9. The van der Waals surface area contributed by atoms with Gasteiger partial charge in [-0.1, -0.05) is 12.1 Å². The number of nitrogens with zero attached hydrogens (tertiary/aromatic N) is 1. The van der Waals surface area contributed by atoms with Gasteiger partial charge in [0.2, 0.25) is 5.90 Å². The van der Waals surface area contributed by atoms with Crippen molar-refractivity contribution in [2.24, 2.45) is 4.99 Å². The molecule has 0 aromatic heterocycles. The summed E-state index contributed by atoms with van der Waals surface area (Å²) in [6.45, 7) is 0. The number of esters is 1. The first-order valence-electron chi connectivity index (χ1n) is 7.74. The zero-order valence-corrected chi connectivity index (χ0v) is 14.3. The molecule has 2 aromatic carbocycles. The van der Waals surface area contributed by atoms with Crippen molar-refractivity contribution in [3.05, 3.63) is 64.9 Å². The number of cyclic esters (lactones) is 1. The summed E-state index contributed by atoms with van der Waals surface area (Å²) in [5, 5.41) is 0. The molecule has 0 saturated carbocycles. The van der Waals surface area contributed by atoms with Gasteiger partial charge in [-0.25, -0.2) is 9.79 Å². The SMILES string of the molecule is COc1ccc(C2=N/C(=C\c3cccc(C(F)(F)F)c3)C(=O)O2)cc1OC. The Morgan fingerprint density at radius 2 is 1.78 bits per heavy atom. The molecule has 3 rings (SSSR count). The number of aliphatic imine (C=N–C) groups is 1. The molecule has 0 atom stereocenters. The summed E-state index contributed by atoms with van der Waals surface area (Å²) in [4.78, 5) is 16.1. The predicted octanol–water partition coefficient (Wildman–Crippen LogP) is 4.07. The first-order chi connectivity index (χ1) is 12.8. The average Bonchev–Trinajstić information content (AvgIpc) is 3.01. The molecule has 0 fully saturated rings. The monoisotopic (exact) mass is 377 g/mol. The first-order valence-corrected chi connectivity index (χ1v) is 7.74. The number of ether oxygens (including phenoxy) is 3. The summed E-state index contributed by atoms with van der Waals surface area (Å²) in [7, 11) is 2.95. The zero-order valence-electron chi connectivity index (χ0n) is 14.3. The van der Waals surface area contributed by atoms with Crippen LogP contribution < -0.4 is 9.47 Å². The highest BCUT2D eigenvalue weighted by atomic mass is 19.4. The molecule has 5 nitrogen and oxygen atoms in total. The fourth-order valence-corrected chi connectivity index (χ4v) is 2.46. The molecular formula is C19H14F3NO4. The summed E-state index contributed by atoms with van der Waals surface area (Å²) >= 11 is 0. The third kappa shape index (κ3) is 3.94. The van der Waals surface area contributed by atoms with Gasteiger partial charge in [0.05, 0.1) is 19.8 Å². The Bertz CT molecular complexity index is 948. The zero-order chi connectivity index (χ0) is 19.6. The molecule has 1 aliphatic heterocycles. The van der Waals surface area contributed by atoms with Crippen LogP contribution in [0.15, 0.2) is 53.2 Å². The fraction of sp³-hybridized carbons (Fsp3) is 0.158. The summed E-state index contributed by atoms with van der Waals surface area (Å²) in [6, 6.07) is 9.42. The number of hydrogen-bond acceptors (Lipinski definition) is 5. The van der Waals surface area contributed by atoms with E-state index in [1.54, 1.807) is 18.2 Å². The van der Waals surface area contributed by atoms with Gasteiger partial charge in [-0.2, -0.15) is 13.2 Å². The molecule has 27 heavy (non-hydrogen) atoms. The van der Waals surface area contributed by atoms with Crippen LogP contribution in [0.5, 0.6) is 11.5 Å². The van der Waals surface area contributed by atoms with Crippen molar-refractivity contribution < 1.29 is 32.2 Å². The van der Waals surface area contributed by atoms with Gasteiger partial charge >= 0.3 is 12.1 Å². The number of alkyl halides is 3. The minimum atomic E-state index is -4.47. The van der Waals surface area contributed by atoms with Crippen molar-refractivity contribution >= 4 is 17.9 Å². The molecule has 0 unspecified atom stereocenters. The number of carbonyl (C=O) groups is 1. The molecule has 1 heterocycles. The van der Waals surface area contributed by atoms with E-state index in [0.717, 1.165) is 12.1 Å². The lowest BCUT2D eigenvalue weighted by Crippen LogP contribution is -2.06. The van der Waals surface area contributed by atoms with E-state index in [4.69, 9.17) is 14.2 Å². The lowest BCUT2D eigenvalue weighted by Gasteiger charge is -2.08. The number of methoxy groups -OCH3 is 2. The first kappa shape index (κ1) is 18.5. The van der Waals surface area contributed by atoms with Crippen molar-refractivity contribution in [3.63, 3.8) is 0 Å². The van der Waals surface area contributed by atoms with E-state index < -0.39 is 17.7 Å². The van der Waals surface area contributed by atoms with Crippen molar-refractivity contribution in [1.29, 1.82) is 0 Å². The quantitative estimate of drug-likeness (QED) is 0.595. The van der Waals surface area contributed by atoms with Crippen LogP contribution in [-0.2, 0) is 15.7 Å². The van der Waals surface area contributed by atoms with E-state index in [1.807, 2.05) is 0 Å². The topological polar surface area (TPSA) is 57.1 Å². The minimum Gasteiger partial charge on any atom is -0.493 e. The molecule has 0 aliphatic carbocycles. The number of halogens is 3. The third-order valence-corrected chi connectivity index (χ3v) is 3.77. The molecule has 2 aromatic rings. The Balaban J connectivity index is 1.94. The summed E-state index contributed by atoms with van der Waals surface area (Å²) in [5.74, 6) is 0.186. The second kappa shape index (κ2) is 7.14. The summed E-state index contributed by atoms with van der Waals surface area (Å²) in [5.41, 5.74) is -0.256. The molecule has 0 spiro atoms. The van der Waals surface area contributed by atoms with Crippen LogP contribution in [0, 0.1) is 0 Å². The van der Waals surface area contributed by atoms with Gasteiger partial charge in [0.1, 0.15) is 0 Å². The van der Waals surface area contributed by atoms with E-state index >= 15 is 0 Å². The van der Waals surface area contributed by atoms with Gasteiger partial charge in [-0.15, -0.1) is 0 Å². The molecular weight excluding hydrogens is 363 g/mol. The lowest BCUT2D eigenvalue weighted by atomic mass is 10.1. The van der Waals surface area contributed by atoms with Gasteiger partial charge in [-0.3, -0.25) is 0 Å². The lowest BCUT2D eigenvalue weighted by molar-refractivity contribution is -0.137. The highest BCUT2D eigenvalue weighted by Crippen LogP contribution is 2.31. The van der Waals surface area contributed by atoms with Gasteiger partial charge in [0.15, 0.2) is 17.2 Å². The van der Waals surface area contributed by atoms with Gasteiger partial charge < -0.3 is 14.2 Å². The van der Waals surface area contributed by atoms with Crippen LogP contribution in [0.1, 0.15) is 16.7 Å². The Morgan fingerprint density at radius 1 is 1.04 bits per heavy atom.